The Kier molecular flexibility index (Phi) is 5.13. The number of aromatic nitrogens is 2. The summed E-state index contributed by atoms with van der Waals surface area (Å²) in [5.41, 5.74) is 0.530. The summed E-state index contributed by atoms with van der Waals surface area (Å²) in [4.78, 5) is 33.0. The topological polar surface area (TPSA) is 98.0 Å². The molecule has 30 heavy (non-hydrogen) atoms. The fraction of sp³-hybridized carbons (Fsp3) is 0.524. The highest BCUT2D eigenvalue weighted by Gasteiger charge is 2.58. The molecular formula is C21H26N4O5. The molecule has 1 atom stereocenters. The number of amides is 2. The lowest BCUT2D eigenvalue weighted by atomic mass is 9.71. The molecule has 0 N–H and O–H groups in total. The van der Waals surface area contributed by atoms with Crippen molar-refractivity contribution >= 4 is 11.8 Å². The van der Waals surface area contributed by atoms with Gasteiger partial charge in [0.15, 0.2) is 5.82 Å². The summed E-state index contributed by atoms with van der Waals surface area (Å²) in [5.74, 6) is 2.39. The van der Waals surface area contributed by atoms with E-state index >= 15 is 0 Å². The molecule has 2 saturated heterocycles. The third-order valence-electron chi connectivity index (χ3n) is 6.13. The fourth-order valence-corrected chi connectivity index (χ4v) is 4.51. The Bertz CT molecular complexity index is 966. The van der Waals surface area contributed by atoms with Crippen LogP contribution in [0, 0.1) is 12.3 Å². The number of likely N-dealkylation sites (tertiary alicyclic amines) is 2. The molecule has 1 aromatic heterocycles. The zero-order valence-corrected chi connectivity index (χ0v) is 17.7. The minimum Gasteiger partial charge on any atom is -0.497 e. The van der Waals surface area contributed by atoms with Crippen LogP contribution in [0.15, 0.2) is 22.7 Å². The predicted octanol–water partition coefficient (Wildman–Crippen LogP) is 1.41. The molecular weight excluding hydrogens is 388 g/mol. The van der Waals surface area contributed by atoms with Gasteiger partial charge in [0.2, 0.25) is 17.7 Å². The molecule has 2 fully saturated rings. The lowest BCUT2D eigenvalue weighted by Crippen LogP contribution is -2.62. The molecule has 0 aliphatic carbocycles. The van der Waals surface area contributed by atoms with Gasteiger partial charge in [-0.3, -0.25) is 9.59 Å². The van der Waals surface area contributed by atoms with Crippen molar-refractivity contribution in [3.8, 4) is 11.5 Å². The molecule has 1 spiro atoms. The van der Waals surface area contributed by atoms with Crippen molar-refractivity contribution in [2.24, 2.45) is 5.41 Å². The van der Waals surface area contributed by atoms with Crippen molar-refractivity contribution in [1.29, 1.82) is 0 Å². The number of ether oxygens (including phenoxy) is 2. The van der Waals surface area contributed by atoms with Gasteiger partial charge in [-0.25, -0.2) is 0 Å². The van der Waals surface area contributed by atoms with Crippen LogP contribution in [0.4, 0.5) is 0 Å². The standard InChI is InChI=1S/C21H26N4O5/c1-13-22-20(30-23-13)17-9-24(14(2)26)10-21(17)11-25(12-21)19(27)8-15-7-16(28-3)5-6-18(15)29-4/h5-7,17H,8-12H2,1-4H3. The first kappa shape index (κ1) is 20.2. The third kappa shape index (κ3) is 3.48. The minimum atomic E-state index is -0.251. The monoisotopic (exact) mass is 414 g/mol. The number of carbonyl (C=O) groups excluding carboxylic acids is 2. The third-order valence-corrected chi connectivity index (χ3v) is 6.13. The molecule has 2 aromatic rings. The minimum absolute atomic E-state index is 0.00825. The molecule has 160 valence electrons. The Labute approximate surface area is 174 Å². The highest BCUT2D eigenvalue weighted by molar-refractivity contribution is 5.81. The van der Waals surface area contributed by atoms with Gasteiger partial charge in [0.25, 0.3) is 0 Å². The van der Waals surface area contributed by atoms with Gasteiger partial charge >= 0.3 is 0 Å². The molecule has 0 radical (unpaired) electrons. The number of hydrogen-bond acceptors (Lipinski definition) is 7. The van der Waals surface area contributed by atoms with Crippen molar-refractivity contribution in [2.75, 3.05) is 40.4 Å². The number of nitrogens with zero attached hydrogens (tertiary/aromatic N) is 4. The SMILES string of the molecule is COc1ccc(OC)c(CC(=O)N2CC3(CN(C(C)=O)CC3c3nc(C)no3)C2)c1. The fourth-order valence-electron chi connectivity index (χ4n) is 4.51. The lowest BCUT2D eigenvalue weighted by molar-refractivity contribution is -0.143. The molecule has 9 nitrogen and oxygen atoms in total. The van der Waals surface area contributed by atoms with E-state index in [1.54, 1.807) is 45.1 Å². The molecule has 0 bridgehead atoms. The van der Waals surface area contributed by atoms with E-state index in [4.69, 9.17) is 14.0 Å². The van der Waals surface area contributed by atoms with Crippen molar-refractivity contribution in [3.63, 3.8) is 0 Å². The zero-order valence-electron chi connectivity index (χ0n) is 17.7. The normalized spacial score (nSPS) is 19.7. The molecule has 2 aliphatic heterocycles. The maximum Gasteiger partial charge on any atom is 0.232 e. The Morgan fingerprint density at radius 3 is 2.53 bits per heavy atom. The quantitative estimate of drug-likeness (QED) is 0.730. The Morgan fingerprint density at radius 2 is 1.93 bits per heavy atom. The van der Waals surface area contributed by atoms with Gasteiger partial charge in [-0.2, -0.15) is 4.98 Å². The van der Waals surface area contributed by atoms with E-state index in [1.165, 1.54) is 0 Å². The van der Waals surface area contributed by atoms with Gasteiger partial charge < -0.3 is 23.8 Å². The molecule has 3 heterocycles. The number of rotatable bonds is 5. The maximum absolute atomic E-state index is 13.0. The van der Waals surface area contributed by atoms with Gasteiger partial charge in [0.1, 0.15) is 11.5 Å². The molecule has 9 heteroatoms. The first-order valence-electron chi connectivity index (χ1n) is 9.89. The summed E-state index contributed by atoms with van der Waals surface area (Å²) >= 11 is 0. The molecule has 1 unspecified atom stereocenters. The van der Waals surface area contributed by atoms with Gasteiger partial charge in [-0.15, -0.1) is 0 Å². The number of methoxy groups -OCH3 is 2. The van der Waals surface area contributed by atoms with Crippen LogP contribution in [-0.4, -0.2) is 72.2 Å². The van der Waals surface area contributed by atoms with Crippen LogP contribution in [-0.2, 0) is 16.0 Å². The van der Waals surface area contributed by atoms with Gasteiger partial charge in [-0.05, 0) is 25.1 Å². The highest BCUT2D eigenvalue weighted by atomic mass is 16.5. The van der Waals surface area contributed by atoms with E-state index in [9.17, 15) is 9.59 Å². The van der Waals surface area contributed by atoms with E-state index in [-0.39, 0.29) is 29.6 Å². The smallest absolute Gasteiger partial charge is 0.232 e. The summed E-state index contributed by atoms with van der Waals surface area (Å²) in [6.45, 7) is 5.55. The molecule has 0 saturated carbocycles. The van der Waals surface area contributed by atoms with Crippen molar-refractivity contribution in [1.82, 2.24) is 19.9 Å². The Balaban J connectivity index is 1.49. The lowest BCUT2D eigenvalue weighted by Gasteiger charge is -2.50. The van der Waals surface area contributed by atoms with Crippen LogP contribution in [0.5, 0.6) is 11.5 Å². The van der Waals surface area contributed by atoms with Crippen LogP contribution >= 0.6 is 0 Å². The second-order valence-electron chi connectivity index (χ2n) is 8.10. The summed E-state index contributed by atoms with van der Waals surface area (Å²) < 4.78 is 16.1. The number of aryl methyl sites for hydroxylation is 1. The second kappa shape index (κ2) is 7.62. The second-order valence-corrected chi connectivity index (χ2v) is 8.10. The van der Waals surface area contributed by atoms with Crippen LogP contribution in [0.2, 0.25) is 0 Å². The van der Waals surface area contributed by atoms with Crippen LogP contribution in [0.3, 0.4) is 0 Å². The van der Waals surface area contributed by atoms with Crippen molar-refractivity contribution in [2.45, 2.75) is 26.2 Å². The van der Waals surface area contributed by atoms with Crippen LogP contribution in [0.1, 0.15) is 30.1 Å². The zero-order chi connectivity index (χ0) is 21.5. The maximum atomic E-state index is 13.0. The van der Waals surface area contributed by atoms with Crippen LogP contribution < -0.4 is 9.47 Å². The molecule has 4 rings (SSSR count). The summed E-state index contributed by atoms with van der Waals surface area (Å²) in [6.07, 6.45) is 0.219. The van der Waals surface area contributed by atoms with Crippen molar-refractivity contribution in [3.05, 3.63) is 35.5 Å². The largest absolute Gasteiger partial charge is 0.497 e. The Morgan fingerprint density at radius 1 is 1.20 bits per heavy atom. The van der Waals surface area contributed by atoms with Gasteiger partial charge in [0.05, 0.1) is 26.6 Å². The summed E-state index contributed by atoms with van der Waals surface area (Å²) in [6, 6.07) is 5.43. The molecule has 2 amide bonds. The average molecular weight is 414 g/mol. The summed E-state index contributed by atoms with van der Waals surface area (Å²) in [7, 11) is 3.17. The highest BCUT2D eigenvalue weighted by Crippen LogP contribution is 2.49. The number of carbonyl (C=O) groups is 2. The Hall–Kier alpha value is -3.10. The molecule has 2 aliphatic rings. The van der Waals surface area contributed by atoms with E-state index in [2.05, 4.69) is 10.1 Å². The molecule has 1 aromatic carbocycles. The van der Waals surface area contributed by atoms with Gasteiger partial charge in [0, 0.05) is 44.1 Å². The van der Waals surface area contributed by atoms with E-state index in [1.807, 2.05) is 11.0 Å². The van der Waals surface area contributed by atoms with E-state index < -0.39 is 0 Å². The predicted molar refractivity (Wildman–Crippen MR) is 106 cm³/mol. The number of benzene rings is 1. The van der Waals surface area contributed by atoms with Crippen LogP contribution in [0.25, 0.3) is 0 Å². The first-order valence-corrected chi connectivity index (χ1v) is 9.89. The van der Waals surface area contributed by atoms with Crippen molar-refractivity contribution < 1.29 is 23.6 Å². The average Bonchev–Trinajstić information content (AvgIpc) is 3.30. The first-order chi connectivity index (χ1) is 14.3. The van der Waals surface area contributed by atoms with Gasteiger partial charge in [-0.1, -0.05) is 5.16 Å². The van der Waals surface area contributed by atoms with E-state index in [0.29, 0.717) is 49.4 Å². The van der Waals surface area contributed by atoms with E-state index in [0.717, 1.165) is 5.56 Å². The summed E-state index contributed by atoms with van der Waals surface area (Å²) in [5, 5.41) is 3.90. The number of hydrogen-bond donors (Lipinski definition) is 0.